The van der Waals surface area contributed by atoms with Crippen molar-refractivity contribution in [2.45, 2.75) is 26.8 Å². The Hall–Kier alpha value is -1.69. The van der Waals surface area contributed by atoms with Gasteiger partial charge in [0.15, 0.2) is 0 Å². The molecule has 0 aliphatic rings. The molecule has 0 bridgehead atoms. The molecule has 0 saturated heterocycles. The minimum Gasteiger partial charge on any atom is -0.383 e. The summed E-state index contributed by atoms with van der Waals surface area (Å²) < 4.78 is 0. The number of nitrogens with two attached hydrogens (primary N) is 1. The van der Waals surface area contributed by atoms with Crippen LogP contribution in [0.3, 0.4) is 0 Å². The largest absolute Gasteiger partial charge is 0.383 e. The number of nitrogens with one attached hydrogen (secondary N) is 2. The van der Waals surface area contributed by atoms with E-state index in [9.17, 15) is 4.79 Å². The number of benzene rings is 2. The smallest absolute Gasteiger partial charge is 0.256 e. The predicted octanol–water partition coefficient (Wildman–Crippen LogP) is 3.95. The number of anilines is 2. The number of hydrogen-bond donors (Lipinski definition) is 4. The number of amides is 1. The van der Waals surface area contributed by atoms with E-state index in [4.69, 9.17) is 5.73 Å². The van der Waals surface area contributed by atoms with Gasteiger partial charge in [-0.25, -0.2) is 0 Å². The zero-order valence-corrected chi connectivity index (χ0v) is 16.5. The zero-order valence-electron chi connectivity index (χ0n) is 14.8. The van der Waals surface area contributed by atoms with Gasteiger partial charge in [0, 0.05) is 35.3 Å². The lowest BCUT2D eigenvalue weighted by Gasteiger charge is -2.15. The average Bonchev–Trinajstić information content (AvgIpc) is 2.57. The molecule has 0 aromatic heterocycles. The summed E-state index contributed by atoms with van der Waals surface area (Å²) in [5.74, 6) is 0.502. The van der Waals surface area contributed by atoms with E-state index < -0.39 is 0 Å². The van der Waals surface area contributed by atoms with Gasteiger partial charge in [-0.1, -0.05) is 18.2 Å². The summed E-state index contributed by atoms with van der Waals surface area (Å²) >= 11 is 4.18. The van der Waals surface area contributed by atoms with Crippen molar-refractivity contribution in [1.29, 1.82) is 0 Å². The number of thiol groups is 1. The molecule has 4 nitrogen and oxygen atoms in total. The Bertz CT molecular complexity index is 737. The first-order valence-corrected chi connectivity index (χ1v) is 8.64. The molecule has 1 amide bonds. The van der Waals surface area contributed by atoms with Crippen LogP contribution in [0.15, 0.2) is 36.4 Å². The van der Waals surface area contributed by atoms with Crippen LogP contribution in [0, 0.1) is 20.8 Å². The quantitative estimate of drug-likeness (QED) is 0.574. The van der Waals surface area contributed by atoms with Crippen LogP contribution in [0.1, 0.15) is 27.0 Å². The van der Waals surface area contributed by atoms with E-state index in [1.807, 2.05) is 57.2 Å². The summed E-state index contributed by atoms with van der Waals surface area (Å²) in [6.45, 7) is 6.59. The van der Waals surface area contributed by atoms with Gasteiger partial charge in [-0.15, -0.1) is 12.4 Å². The van der Waals surface area contributed by atoms with E-state index >= 15 is 0 Å². The van der Waals surface area contributed by atoms with Crippen LogP contribution < -0.4 is 16.4 Å². The molecule has 1 atom stereocenters. The number of rotatable bonds is 6. The summed E-state index contributed by atoms with van der Waals surface area (Å²) in [7, 11) is 0. The lowest BCUT2D eigenvalue weighted by Crippen LogP contribution is -2.30. The van der Waals surface area contributed by atoms with Gasteiger partial charge in [-0.05, 0) is 55.7 Å². The van der Waals surface area contributed by atoms with Crippen molar-refractivity contribution < 1.29 is 4.79 Å². The number of halogens is 1. The van der Waals surface area contributed by atoms with E-state index in [2.05, 4.69) is 23.3 Å². The molecule has 1 unspecified atom stereocenters. The summed E-state index contributed by atoms with van der Waals surface area (Å²) in [6.07, 6.45) is 0. The van der Waals surface area contributed by atoms with Gasteiger partial charge in [-0.3, -0.25) is 4.79 Å². The van der Waals surface area contributed by atoms with Gasteiger partial charge in [0.25, 0.3) is 5.91 Å². The molecule has 0 radical (unpaired) electrons. The highest BCUT2D eigenvalue weighted by molar-refractivity contribution is 7.80. The molecule has 4 N–H and O–H groups in total. The molecule has 0 heterocycles. The Kier molecular flexibility index (Phi) is 8.29. The Labute approximate surface area is 161 Å². The van der Waals surface area contributed by atoms with Crippen molar-refractivity contribution >= 4 is 42.3 Å². The Morgan fingerprint density at radius 3 is 2.56 bits per heavy atom. The molecule has 0 aliphatic heterocycles. The van der Waals surface area contributed by atoms with Crippen LogP contribution in [0.2, 0.25) is 0 Å². The first-order valence-electron chi connectivity index (χ1n) is 8.01. The highest BCUT2D eigenvalue weighted by Crippen LogP contribution is 2.21. The molecule has 0 saturated carbocycles. The van der Waals surface area contributed by atoms with Crippen molar-refractivity contribution in [3.8, 4) is 0 Å². The summed E-state index contributed by atoms with van der Waals surface area (Å²) in [4.78, 5) is 12.7. The zero-order chi connectivity index (χ0) is 17.7. The second-order valence-corrected chi connectivity index (χ2v) is 6.42. The van der Waals surface area contributed by atoms with Crippen LogP contribution in [0.5, 0.6) is 0 Å². The third kappa shape index (κ3) is 5.66. The van der Waals surface area contributed by atoms with Crippen molar-refractivity contribution in [3.63, 3.8) is 0 Å². The van der Waals surface area contributed by atoms with Gasteiger partial charge in [0.1, 0.15) is 0 Å². The molecular formula is C19H26ClN3OS. The minimum absolute atomic E-state index is 0. The van der Waals surface area contributed by atoms with Crippen molar-refractivity contribution in [3.05, 3.63) is 58.7 Å². The molecule has 25 heavy (non-hydrogen) atoms. The number of carbonyl (C=O) groups is 1. The third-order valence-corrected chi connectivity index (χ3v) is 4.61. The highest BCUT2D eigenvalue weighted by atomic mass is 35.5. The molecule has 2 aromatic carbocycles. The van der Waals surface area contributed by atoms with Crippen molar-refractivity contribution in [2.75, 3.05) is 22.9 Å². The van der Waals surface area contributed by atoms with Crippen LogP contribution in [-0.4, -0.2) is 24.2 Å². The summed E-state index contributed by atoms with van der Waals surface area (Å²) in [5.41, 5.74) is 11.4. The fraction of sp³-hybridized carbons (Fsp3) is 0.316. The molecule has 136 valence electrons. The van der Waals surface area contributed by atoms with Gasteiger partial charge >= 0.3 is 0 Å². The third-order valence-electron chi connectivity index (χ3n) is 4.14. The summed E-state index contributed by atoms with van der Waals surface area (Å²) in [6, 6.07) is 11.6. The monoisotopic (exact) mass is 379 g/mol. The maximum atomic E-state index is 12.7. The number of hydrogen-bond acceptors (Lipinski definition) is 4. The first kappa shape index (κ1) is 21.4. The molecule has 6 heteroatoms. The highest BCUT2D eigenvalue weighted by Gasteiger charge is 2.12. The lowest BCUT2D eigenvalue weighted by molar-refractivity contribution is 0.102. The van der Waals surface area contributed by atoms with Gasteiger partial charge in [0.2, 0.25) is 0 Å². The Morgan fingerprint density at radius 1 is 1.16 bits per heavy atom. The standard InChI is InChI=1S/C19H25N3OS.ClH/c1-12-5-4-6-18(14(12)3)22-19(23)17-9-16(8-7-13(17)2)21-10-15(20)11-24;/h4-9,15,21,24H,10-11,20H2,1-3H3,(H,22,23);1H. The van der Waals surface area contributed by atoms with Crippen molar-refractivity contribution in [2.24, 2.45) is 5.73 Å². The summed E-state index contributed by atoms with van der Waals surface area (Å²) in [5, 5.41) is 6.26. The Morgan fingerprint density at radius 2 is 1.88 bits per heavy atom. The van der Waals surface area contributed by atoms with Gasteiger partial charge in [-0.2, -0.15) is 12.6 Å². The molecule has 0 fully saturated rings. The van der Waals surface area contributed by atoms with Crippen LogP contribution in [0.25, 0.3) is 0 Å². The molecule has 0 aliphatic carbocycles. The SMILES string of the molecule is Cc1ccc(NCC(N)CS)cc1C(=O)Nc1cccc(C)c1C.Cl. The predicted molar refractivity (Wildman–Crippen MR) is 113 cm³/mol. The van der Waals surface area contributed by atoms with E-state index in [1.165, 1.54) is 0 Å². The molecular weight excluding hydrogens is 354 g/mol. The van der Waals surface area contributed by atoms with Crippen LogP contribution in [-0.2, 0) is 0 Å². The topological polar surface area (TPSA) is 67.1 Å². The van der Waals surface area contributed by atoms with Crippen molar-refractivity contribution in [1.82, 2.24) is 0 Å². The second-order valence-electron chi connectivity index (χ2n) is 6.05. The number of carbonyl (C=O) groups excluding carboxylic acids is 1. The normalized spacial score (nSPS) is 11.4. The van der Waals surface area contributed by atoms with E-state index in [1.54, 1.807) is 0 Å². The fourth-order valence-corrected chi connectivity index (χ4v) is 2.50. The van der Waals surface area contributed by atoms with Crippen LogP contribution >= 0.6 is 25.0 Å². The molecule has 2 aromatic rings. The fourth-order valence-electron chi connectivity index (χ4n) is 2.37. The average molecular weight is 380 g/mol. The minimum atomic E-state index is -0.108. The van der Waals surface area contributed by atoms with Crippen LogP contribution in [0.4, 0.5) is 11.4 Å². The second kappa shape index (κ2) is 9.70. The number of aryl methyl sites for hydroxylation is 2. The van der Waals surface area contributed by atoms with Gasteiger partial charge < -0.3 is 16.4 Å². The van der Waals surface area contributed by atoms with E-state index in [0.29, 0.717) is 17.9 Å². The van der Waals surface area contributed by atoms with Gasteiger partial charge in [0.05, 0.1) is 0 Å². The molecule has 0 spiro atoms. The Balaban J connectivity index is 0.00000312. The maximum Gasteiger partial charge on any atom is 0.256 e. The maximum absolute atomic E-state index is 12.7. The molecule has 2 rings (SSSR count). The first-order chi connectivity index (χ1) is 11.4. The van der Waals surface area contributed by atoms with E-state index in [-0.39, 0.29) is 24.4 Å². The van der Waals surface area contributed by atoms with E-state index in [0.717, 1.165) is 28.1 Å². The lowest BCUT2D eigenvalue weighted by atomic mass is 10.1.